The van der Waals surface area contributed by atoms with Gasteiger partial charge in [-0.3, -0.25) is 0 Å². The average molecular weight is 303 g/mol. The summed E-state index contributed by atoms with van der Waals surface area (Å²) in [5, 5.41) is 41.9. The van der Waals surface area contributed by atoms with E-state index in [1.165, 1.54) is 30.3 Å². The second-order valence-electron chi connectivity index (χ2n) is 5.09. The Labute approximate surface area is 125 Å². The normalized spacial score (nSPS) is 20.0. The van der Waals surface area contributed by atoms with E-state index >= 15 is 0 Å². The van der Waals surface area contributed by atoms with Gasteiger partial charge in [0.2, 0.25) is 0 Å². The summed E-state index contributed by atoms with van der Waals surface area (Å²) in [5.74, 6) is -0.372. The summed E-state index contributed by atoms with van der Waals surface area (Å²) in [6.45, 7) is 0. The van der Waals surface area contributed by atoms with Crippen LogP contribution in [0.1, 0.15) is 17.2 Å². The van der Waals surface area contributed by atoms with Crippen LogP contribution in [0.4, 0.5) is 5.69 Å². The smallest absolute Gasteiger partial charge is 0.150 e. The molecule has 0 spiro atoms. The SMILES string of the molecule is O=Nc1ccc([C@H]2Oc3cc(O)cc(O)c3C[C@@H]2O)cc1O. The van der Waals surface area contributed by atoms with Crippen LogP contribution in [0.2, 0.25) is 0 Å². The van der Waals surface area contributed by atoms with Gasteiger partial charge in [-0.15, -0.1) is 4.91 Å². The van der Waals surface area contributed by atoms with Crippen LogP contribution in [0.15, 0.2) is 35.5 Å². The Morgan fingerprint density at radius 2 is 1.86 bits per heavy atom. The minimum atomic E-state index is -0.961. The molecule has 2 atom stereocenters. The third-order valence-electron chi connectivity index (χ3n) is 3.61. The van der Waals surface area contributed by atoms with Crippen molar-refractivity contribution >= 4 is 5.69 Å². The number of aliphatic hydroxyl groups is 1. The summed E-state index contributed by atoms with van der Waals surface area (Å²) in [6.07, 6.45) is -1.64. The lowest BCUT2D eigenvalue weighted by Crippen LogP contribution is -2.30. The number of aromatic hydroxyl groups is 3. The predicted molar refractivity (Wildman–Crippen MR) is 76.4 cm³/mol. The molecule has 0 aromatic heterocycles. The molecule has 0 saturated heterocycles. The number of phenols is 3. The van der Waals surface area contributed by atoms with Gasteiger partial charge in [0, 0.05) is 24.1 Å². The van der Waals surface area contributed by atoms with Gasteiger partial charge >= 0.3 is 0 Å². The summed E-state index contributed by atoms with van der Waals surface area (Å²) >= 11 is 0. The molecule has 22 heavy (non-hydrogen) atoms. The van der Waals surface area contributed by atoms with Crippen LogP contribution in [0.25, 0.3) is 0 Å². The molecule has 7 nitrogen and oxygen atoms in total. The van der Waals surface area contributed by atoms with Gasteiger partial charge in [-0.05, 0) is 22.9 Å². The summed E-state index contributed by atoms with van der Waals surface area (Å²) in [5.41, 5.74) is 0.743. The average Bonchev–Trinajstić information content (AvgIpc) is 2.47. The summed E-state index contributed by atoms with van der Waals surface area (Å²) < 4.78 is 5.63. The Morgan fingerprint density at radius 3 is 2.55 bits per heavy atom. The monoisotopic (exact) mass is 303 g/mol. The second-order valence-corrected chi connectivity index (χ2v) is 5.09. The van der Waals surface area contributed by atoms with Crippen molar-refractivity contribution in [1.82, 2.24) is 0 Å². The molecule has 0 amide bonds. The van der Waals surface area contributed by atoms with E-state index in [0.29, 0.717) is 11.1 Å². The van der Waals surface area contributed by atoms with Gasteiger partial charge in [-0.2, -0.15) is 0 Å². The largest absolute Gasteiger partial charge is 0.508 e. The van der Waals surface area contributed by atoms with E-state index in [1.54, 1.807) is 0 Å². The standard InChI is InChI=1S/C15H13NO6/c17-8-4-11(18)9-6-13(20)15(22-14(9)5-8)7-1-2-10(16-21)12(19)3-7/h1-5,13,15,17-20H,6H2/t13-,15+/m0/s1. The van der Waals surface area contributed by atoms with Gasteiger partial charge in [0.1, 0.15) is 34.8 Å². The van der Waals surface area contributed by atoms with E-state index in [2.05, 4.69) is 5.18 Å². The number of ether oxygens (including phenoxy) is 1. The Hall–Kier alpha value is -2.80. The first-order chi connectivity index (χ1) is 10.5. The number of hydrogen-bond donors (Lipinski definition) is 4. The Kier molecular flexibility index (Phi) is 3.34. The van der Waals surface area contributed by atoms with Crippen molar-refractivity contribution in [2.75, 3.05) is 0 Å². The van der Waals surface area contributed by atoms with Crippen molar-refractivity contribution in [3.05, 3.63) is 46.4 Å². The second kappa shape index (κ2) is 5.19. The molecule has 2 aromatic carbocycles. The molecule has 0 saturated carbocycles. The highest BCUT2D eigenvalue weighted by atomic mass is 16.5. The molecule has 4 N–H and O–H groups in total. The molecule has 0 radical (unpaired) electrons. The zero-order valence-electron chi connectivity index (χ0n) is 11.3. The van der Waals surface area contributed by atoms with E-state index in [4.69, 9.17) is 4.74 Å². The molecule has 0 aliphatic carbocycles. The predicted octanol–water partition coefficient (Wildman–Crippen LogP) is 2.24. The highest BCUT2D eigenvalue weighted by Crippen LogP contribution is 2.42. The lowest BCUT2D eigenvalue weighted by Gasteiger charge is -2.31. The molecule has 3 rings (SSSR count). The van der Waals surface area contributed by atoms with Crippen molar-refractivity contribution in [1.29, 1.82) is 0 Å². The van der Waals surface area contributed by atoms with E-state index in [-0.39, 0.29) is 35.1 Å². The van der Waals surface area contributed by atoms with Gasteiger partial charge in [0.15, 0.2) is 0 Å². The number of phenolic OH excluding ortho intramolecular Hbond substituents is 3. The van der Waals surface area contributed by atoms with Gasteiger partial charge in [-0.25, -0.2) is 0 Å². The number of nitrogens with zero attached hydrogens (tertiary/aromatic N) is 1. The van der Waals surface area contributed by atoms with Crippen LogP contribution in [0.3, 0.4) is 0 Å². The topological polar surface area (TPSA) is 120 Å². The first-order valence-corrected chi connectivity index (χ1v) is 6.55. The molecule has 1 heterocycles. The summed E-state index contributed by atoms with van der Waals surface area (Å²) in [4.78, 5) is 10.5. The fraction of sp³-hybridized carbons (Fsp3) is 0.200. The lowest BCUT2D eigenvalue weighted by atomic mass is 9.94. The molecule has 1 aliphatic heterocycles. The minimum absolute atomic E-state index is 0.107. The van der Waals surface area contributed by atoms with Gasteiger partial charge in [-0.1, -0.05) is 6.07 Å². The third-order valence-corrected chi connectivity index (χ3v) is 3.61. The number of aliphatic hydroxyl groups excluding tert-OH is 1. The third kappa shape index (κ3) is 2.31. The molecule has 2 aromatic rings. The van der Waals surface area contributed by atoms with Crippen molar-refractivity contribution in [2.24, 2.45) is 5.18 Å². The zero-order chi connectivity index (χ0) is 15.9. The fourth-order valence-corrected chi connectivity index (χ4v) is 2.54. The van der Waals surface area contributed by atoms with Crippen LogP contribution >= 0.6 is 0 Å². The van der Waals surface area contributed by atoms with Crippen LogP contribution in [-0.4, -0.2) is 26.5 Å². The van der Waals surface area contributed by atoms with Gasteiger partial charge in [0.05, 0.1) is 6.10 Å². The Bertz CT molecular complexity index is 745. The van der Waals surface area contributed by atoms with Gasteiger partial charge in [0.25, 0.3) is 0 Å². The quantitative estimate of drug-likeness (QED) is 0.632. The lowest BCUT2D eigenvalue weighted by molar-refractivity contribution is 0.0197. The number of benzene rings is 2. The first-order valence-electron chi connectivity index (χ1n) is 6.55. The first kappa shape index (κ1) is 14.2. The summed E-state index contributed by atoms with van der Waals surface area (Å²) in [6, 6.07) is 6.64. The molecule has 0 fully saturated rings. The summed E-state index contributed by atoms with van der Waals surface area (Å²) in [7, 11) is 0. The Balaban J connectivity index is 1.99. The van der Waals surface area contributed by atoms with Gasteiger partial charge < -0.3 is 25.2 Å². The number of hydrogen-bond acceptors (Lipinski definition) is 7. The fourth-order valence-electron chi connectivity index (χ4n) is 2.54. The Morgan fingerprint density at radius 1 is 1.09 bits per heavy atom. The van der Waals surface area contributed by atoms with Crippen LogP contribution in [0, 0.1) is 4.91 Å². The highest BCUT2D eigenvalue weighted by Gasteiger charge is 2.32. The molecular weight excluding hydrogens is 290 g/mol. The van der Waals surface area contributed by atoms with Crippen LogP contribution < -0.4 is 4.74 Å². The van der Waals surface area contributed by atoms with Crippen molar-refractivity contribution < 1.29 is 25.2 Å². The maximum Gasteiger partial charge on any atom is 0.150 e. The van der Waals surface area contributed by atoms with E-state index in [1.807, 2.05) is 0 Å². The van der Waals surface area contributed by atoms with Crippen LogP contribution in [-0.2, 0) is 6.42 Å². The molecular formula is C15H13NO6. The van der Waals surface area contributed by atoms with Crippen molar-refractivity contribution in [3.63, 3.8) is 0 Å². The maximum absolute atomic E-state index is 10.5. The van der Waals surface area contributed by atoms with E-state index in [9.17, 15) is 25.3 Å². The number of rotatable bonds is 2. The van der Waals surface area contributed by atoms with Crippen molar-refractivity contribution in [2.45, 2.75) is 18.6 Å². The van der Waals surface area contributed by atoms with E-state index < -0.39 is 12.2 Å². The minimum Gasteiger partial charge on any atom is -0.508 e. The molecule has 0 bridgehead atoms. The zero-order valence-corrected chi connectivity index (χ0v) is 11.3. The molecule has 1 aliphatic rings. The van der Waals surface area contributed by atoms with E-state index in [0.717, 1.165) is 0 Å². The van der Waals surface area contributed by atoms with Crippen LogP contribution in [0.5, 0.6) is 23.0 Å². The number of fused-ring (bicyclic) bond motifs is 1. The van der Waals surface area contributed by atoms with Crippen molar-refractivity contribution in [3.8, 4) is 23.0 Å². The molecule has 0 unspecified atom stereocenters. The maximum atomic E-state index is 10.5. The molecule has 7 heteroatoms. The highest BCUT2D eigenvalue weighted by molar-refractivity contribution is 5.54. The number of nitroso groups, excluding NO2 is 1. The molecule has 114 valence electrons.